The number of hydrogen-bond donors (Lipinski definition) is 0. The molecule has 0 bridgehead atoms. The van der Waals surface area contributed by atoms with E-state index in [-0.39, 0.29) is 0 Å². The van der Waals surface area contributed by atoms with Crippen LogP contribution in [0.3, 0.4) is 0 Å². The lowest BCUT2D eigenvalue weighted by Gasteiger charge is -2.07. The lowest BCUT2D eigenvalue weighted by atomic mass is 10.5. The zero-order valence-corrected chi connectivity index (χ0v) is 7.70. The number of hydrogen-bond acceptors (Lipinski definition) is 3. The van der Waals surface area contributed by atoms with Crippen molar-refractivity contribution in [1.82, 2.24) is 4.98 Å². The summed E-state index contributed by atoms with van der Waals surface area (Å²) in [5.41, 5.74) is -4.51. The molecule has 15 heavy (non-hydrogen) atoms. The predicted molar refractivity (Wildman–Crippen MR) is 41.6 cm³/mol. The van der Waals surface area contributed by atoms with Gasteiger partial charge in [0.25, 0.3) is 0 Å². The van der Waals surface area contributed by atoms with Gasteiger partial charge in [-0.25, -0.2) is 4.98 Å². The molecule has 1 heterocycles. The quantitative estimate of drug-likeness (QED) is 0.602. The Kier molecular flexibility index (Phi) is 3.72. The van der Waals surface area contributed by atoms with E-state index in [9.17, 15) is 22.0 Å². The van der Waals surface area contributed by atoms with Crippen LogP contribution < -0.4 is 4.74 Å². The summed E-state index contributed by atoms with van der Waals surface area (Å²) in [4.78, 5) is 2.79. The number of alkyl halides is 5. The maximum Gasteiger partial charge on any atom is 0.446 e. The third kappa shape index (κ3) is 4.82. The van der Waals surface area contributed by atoms with Gasteiger partial charge in [-0.2, -0.15) is 22.0 Å². The molecule has 0 fully saturated rings. The number of rotatable bonds is 3. The molecule has 1 aromatic rings. The molecule has 0 aromatic carbocycles. The number of halogens is 5. The lowest BCUT2D eigenvalue weighted by Crippen LogP contribution is -2.03. The predicted octanol–water partition coefficient (Wildman–Crippen LogP) is 3.10. The van der Waals surface area contributed by atoms with Crippen molar-refractivity contribution >= 4 is 11.8 Å². The van der Waals surface area contributed by atoms with Crippen molar-refractivity contribution in [2.75, 3.05) is 0 Å². The van der Waals surface area contributed by atoms with Gasteiger partial charge in [-0.3, -0.25) is 0 Å². The SMILES string of the molecule is FC(F)Oc1cn[c]c(SC(F)(F)F)c1. The zero-order valence-electron chi connectivity index (χ0n) is 6.89. The molecule has 2 nitrogen and oxygen atoms in total. The van der Waals surface area contributed by atoms with Gasteiger partial charge in [0.05, 0.1) is 6.20 Å². The summed E-state index contributed by atoms with van der Waals surface area (Å²) in [6.45, 7) is -3.10. The molecule has 0 atom stereocenters. The largest absolute Gasteiger partial charge is 0.446 e. The third-order valence-electron chi connectivity index (χ3n) is 1.09. The van der Waals surface area contributed by atoms with Gasteiger partial charge < -0.3 is 4.74 Å². The van der Waals surface area contributed by atoms with Crippen LogP contribution in [0.15, 0.2) is 17.2 Å². The van der Waals surface area contributed by atoms with E-state index in [0.29, 0.717) is 0 Å². The number of aromatic nitrogens is 1. The molecule has 0 N–H and O–H groups in total. The Morgan fingerprint density at radius 3 is 2.60 bits per heavy atom. The van der Waals surface area contributed by atoms with E-state index >= 15 is 0 Å². The Labute approximate surface area is 85.4 Å². The number of pyridine rings is 1. The summed E-state index contributed by atoms with van der Waals surface area (Å²) in [5.74, 6) is -0.435. The third-order valence-corrected chi connectivity index (χ3v) is 1.75. The van der Waals surface area contributed by atoms with Crippen LogP contribution in [0.25, 0.3) is 0 Å². The molecule has 0 aliphatic heterocycles. The van der Waals surface area contributed by atoms with Crippen molar-refractivity contribution in [2.24, 2.45) is 0 Å². The van der Waals surface area contributed by atoms with Crippen molar-refractivity contribution in [2.45, 2.75) is 17.0 Å². The molecule has 0 aliphatic rings. The van der Waals surface area contributed by atoms with E-state index in [1.54, 1.807) is 0 Å². The topological polar surface area (TPSA) is 22.1 Å². The molecule has 1 rings (SSSR count). The van der Waals surface area contributed by atoms with Crippen LogP contribution in [-0.4, -0.2) is 17.1 Å². The molecule has 0 saturated carbocycles. The maximum atomic E-state index is 11.9. The van der Waals surface area contributed by atoms with Crippen LogP contribution in [0, 0.1) is 6.20 Å². The highest BCUT2D eigenvalue weighted by Crippen LogP contribution is 2.37. The normalized spacial score (nSPS) is 11.9. The lowest BCUT2D eigenvalue weighted by molar-refractivity contribution is -0.0502. The zero-order chi connectivity index (χ0) is 11.5. The maximum absolute atomic E-state index is 11.9. The van der Waals surface area contributed by atoms with Crippen molar-refractivity contribution in [3.05, 3.63) is 18.5 Å². The van der Waals surface area contributed by atoms with Gasteiger partial charge in [-0.15, -0.1) is 0 Å². The second-order valence-electron chi connectivity index (χ2n) is 2.21. The van der Waals surface area contributed by atoms with Gasteiger partial charge in [-0.1, -0.05) is 0 Å². The first-order chi connectivity index (χ1) is 6.87. The number of nitrogens with zero attached hydrogens (tertiary/aromatic N) is 1. The summed E-state index contributed by atoms with van der Waals surface area (Å²) in [7, 11) is 0. The van der Waals surface area contributed by atoms with E-state index < -0.39 is 34.5 Å². The summed E-state index contributed by atoms with van der Waals surface area (Å²) >= 11 is -0.501. The number of thioether (sulfide) groups is 1. The fourth-order valence-corrected chi connectivity index (χ4v) is 1.23. The van der Waals surface area contributed by atoms with Gasteiger partial charge in [0.15, 0.2) is 0 Å². The van der Waals surface area contributed by atoms with Gasteiger partial charge in [0.2, 0.25) is 0 Å². The Bertz CT molecular complexity index is 329. The minimum absolute atomic E-state index is 0.430. The molecular weight excluding hydrogens is 241 g/mol. The van der Waals surface area contributed by atoms with Crippen LogP contribution in [0.2, 0.25) is 0 Å². The fraction of sp³-hybridized carbons (Fsp3) is 0.286. The van der Waals surface area contributed by atoms with E-state index in [1.165, 1.54) is 0 Å². The van der Waals surface area contributed by atoms with Crippen molar-refractivity contribution in [3.8, 4) is 5.75 Å². The highest BCUT2D eigenvalue weighted by molar-refractivity contribution is 8.00. The summed E-state index contributed by atoms with van der Waals surface area (Å²) in [5, 5.41) is 0. The van der Waals surface area contributed by atoms with E-state index in [4.69, 9.17) is 0 Å². The van der Waals surface area contributed by atoms with Crippen LogP contribution in [0.4, 0.5) is 22.0 Å². The molecule has 0 amide bonds. The molecule has 0 saturated heterocycles. The summed E-state index contributed by atoms with van der Waals surface area (Å²) < 4.78 is 62.9. The highest BCUT2D eigenvalue weighted by atomic mass is 32.2. The first-order valence-corrected chi connectivity index (χ1v) is 4.27. The highest BCUT2D eigenvalue weighted by Gasteiger charge is 2.29. The van der Waals surface area contributed by atoms with Crippen LogP contribution in [0.5, 0.6) is 5.75 Å². The Morgan fingerprint density at radius 2 is 2.07 bits per heavy atom. The Morgan fingerprint density at radius 1 is 1.40 bits per heavy atom. The van der Waals surface area contributed by atoms with Crippen LogP contribution in [0.1, 0.15) is 0 Å². The number of ether oxygens (including phenoxy) is 1. The molecule has 83 valence electrons. The molecule has 0 aliphatic carbocycles. The monoisotopic (exact) mass is 244 g/mol. The molecule has 0 spiro atoms. The van der Waals surface area contributed by atoms with E-state index in [0.717, 1.165) is 12.3 Å². The molecular formula is C7H3F5NOS. The summed E-state index contributed by atoms with van der Waals surface area (Å²) in [6, 6.07) is 0.789. The van der Waals surface area contributed by atoms with Gasteiger partial charge in [-0.05, 0) is 17.8 Å². The second-order valence-corrected chi connectivity index (χ2v) is 3.31. The fourth-order valence-electron chi connectivity index (χ4n) is 0.703. The van der Waals surface area contributed by atoms with Crippen LogP contribution >= 0.6 is 11.8 Å². The minimum atomic E-state index is -4.51. The Hall–Kier alpha value is -1.05. The first-order valence-electron chi connectivity index (χ1n) is 3.45. The minimum Gasteiger partial charge on any atom is -0.433 e. The summed E-state index contributed by atoms with van der Waals surface area (Å²) in [6.07, 6.45) is 2.86. The molecule has 8 heteroatoms. The smallest absolute Gasteiger partial charge is 0.433 e. The standard InChI is InChI=1S/C7H3F5NOS/c8-6(9)14-4-1-5(3-13-2-4)15-7(10,11)12/h1-2,6H. The van der Waals surface area contributed by atoms with Crippen LogP contribution in [-0.2, 0) is 0 Å². The van der Waals surface area contributed by atoms with E-state index in [2.05, 4.69) is 9.72 Å². The van der Waals surface area contributed by atoms with Crippen molar-refractivity contribution in [1.29, 1.82) is 0 Å². The molecule has 0 unspecified atom stereocenters. The second kappa shape index (κ2) is 4.65. The van der Waals surface area contributed by atoms with Crippen molar-refractivity contribution in [3.63, 3.8) is 0 Å². The molecule has 1 aromatic heterocycles. The van der Waals surface area contributed by atoms with Gasteiger partial charge >= 0.3 is 12.1 Å². The van der Waals surface area contributed by atoms with Gasteiger partial charge in [0, 0.05) is 4.90 Å². The first kappa shape index (κ1) is 12.0. The molecule has 1 radical (unpaired) electrons. The van der Waals surface area contributed by atoms with Crippen molar-refractivity contribution < 1.29 is 26.7 Å². The van der Waals surface area contributed by atoms with Gasteiger partial charge in [0.1, 0.15) is 11.9 Å². The Balaban J connectivity index is 2.74. The average molecular weight is 244 g/mol. The average Bonchev–Trinajstić information content (AvgIpc) is 1.99. The van der Waals surface area contributed by atoms with E-state index in [1.807, 2.05) is 6.20 Å².